The molecule has 22 heavy (non-hydrogen) atoms. The lowest BCUT2D eigenvalue weighted by Gasteiger charge is -2.19. The van der Waals surface area contributed by atoms with Gasteiger partial charge in [-0.1, -0.05) is 50.6 Å². The van der Waals surface area contributed by atoms with Gasteiger partial charge in [-0.25, -0.2) is 9.78 Å². The number of amides is 1. The Bertz CT molecular complexity index is 654. The Balaban J connectivity index is 2.13. The van der Waals surface area contributed by atoms with E-state index in [2.05, 4.69) is 10.3 Å². The zero-order valence-electron chi connectivity index (χ0n) is 12.4. The summed E-state index contributed by atoms with van der Waals surface area (Å²) in [6, 6.07) is 8.66. The zero-order chi connectivity index (χ0) is 16.1. The molecule has 0 bridgehead atoms. The molecule has 1 aromatic heterocycles. The number of aromatic nitrogens is 1. The molecule has 0 aliphatic heterocycles. The fourth-order valence-electron chi connectivity index (χ4n) is 1.99. The molecule has 2 unspecified atom stereocenters. The van der Waals surface area contributed by atoms with Crippen molar-refractivity contribution in [2.75, 3.05) is 0 Å². The number of carbonyl (C=O) groups excluding carboxylic acids is 1. The van der Waals surface area contributed by atoms with Gasteiger partial charge >= 0.3 is 5.97 Å². The Morgan fingerprint density at radius 2 is 2.00 bits per heavy atom. The van der Waals surface area contributed by atoms with Gasteiger partial charge in [-0.3, -0.25) is 4.79 Å². The van der Waals surface area contributed by atoms with Crippen molar-refractivity contribution in [1.29, 1.82) is 0 Å². The van der Waals surface area contributed by atoms with Crippen LogP contribution in [-0.4, -0.2) is 28.0 Å². The van der Waals surface area contributed by atoms with Crippen LogP contribution in [0.25, 0.3) is 10.6 Å². The number of hydrogen-bond donors (Lipinski definition) is 2. The van der Waals surface area contributed by atoms with Crippen LogP contribution >= 0.6 is 11.3 Å². The maximum Gasteiger partial charge on any atom is 0.326 e. The number of thiazole rings is 1. The minimum atomic E-state index is -1.02. The van der Waals surface area contributed by atoms with Crippen LogP contribution in [0, 0.1) is 5.92 Å². The maximum atomic E-state index is 12.2. The third-order valence-electron chi connectivity index (χ3n) is 3.52. The quantitative estimate of drug-likeness (QED) is 0.858. The van der Waals surface area contributed by atoms with E-state index >= 15 is 0 Å². The second kappa shape index (κ2) is 7.17. The van der Waals surface area contributed by atoms with Gasteiger partial charge in [-0.15, -0.1) is 11.3 Å². The molecular weight excluding hydrogens is 300 g/mol. The Hall–Kier alpha value is -2.21. The predicted octanol–water partition coefficient (Wildman–Crippen LogP) is 3.04. The topological polar surface area (TPSA) is 79.3 Å². The second-order valence-corrected chi connectivity index (χ2v) is 6.10. The molecule has 0 fully saturated rings. The van der Waals surface area contributed by atoms with Gasteiger partial charge in [0.2, 0.25) is 0 Å². The van der Waals surface area contributed by atoms with Crippen LogP contribution in [0.2, 0.25) is 0 Å². The summed E-state index contributed by atoms with van der Waals surface area (Å²) >= 11 is 1.25. The first-order chi connectivity index (χ1) is 10.5. The number of nitrogens with one attached hydrogen (secondary N) is 1. The van der Waals surface area contributed by atoms with E-state index in [1.165, 1.54) is 17.5 Å². The molecule has 5 nitrogen and oxygen atoms in total. The average Bonchev–Trinajstić information content (AvgIpc) is 3.02. The molecule has 1 aromatic carbocycles. The molecule has 0 radical (unpaired) electrons. The largest absolute Gasteiger partial charge is 0.480 e. The van der Waals surface area contributed by atoms with Crippen molar-refractivity contribution >= 4 is 23.2 Å². The van der Waals surface area contributed by atoms with Crippen LogP contribution in [0.3, 0.4) is 0 Å². The Kier molecular flexibility index (Phi) is 5.27. The summed E-state index contributed by atoms with van der Waals surface area (Å²) in [5.74, 6) is -1.55. The lowest BCUT2D eigenvalue weighted by atomic mass is 9.99. The summed E-state index contributed by atoms with van der Waals surface area (Å²) in [7, 11) is 0. The smallest absolute Gasteiger partial charge is 0.326 e. The fraction of sp³-hybridized carbons (Fsp3) is 0.312. The first-order valence-electron chi connectivity index (χ1n) is 7.07. The van der Waals surface area contributed by atoms with Crippen molar-refractivity contribution < 1.29 is 14.7 Å². The summed E-state index contributed by atoms with van der Waals surface area (Å²) in [6.07, 6.45) is 2.16. The van der Waals surface area contributed by atoms with Gasteiger partial charge in [0, 0.05) is 5.56 Å². The lowest BCUT2D eigenvalue weighted by molar-refractivity contribution is -0.140. The molecule has 0 saturated heterocycles. The fourth-order valence-corrected chi connectivity index (χ4v) is 2.81. The minimum absolute atomic E-state index is 0.136. The van der Waals surface area contributed by atoms with Crippen molar-refractivity contribution in [3.05, 3.63) is 41.4 Å². The van der Waals surface area contributed by atoms with Crippen molar-refractivity contribution in [3.8, 4) is 10.6 Å². The highest BCUT2D eigenvalue weighted by Gasteiger charge is 2.26. The Morgan fingerprint density at radius 1 is 1.32 bits per heavy atom. The van der Waals surface area contributed by atoms with Gasteiger partial charge in [0.25, 0.3) is 5.91 Å². The highest BCUT2D eigenvalue weighted by molar-refractivity contribution is 7.16. The zero-order valence-corrected chi connectivity index (χ0v) is 13.3. The van der Waals surface area contributed by atoms with Gasteiger partial charge in [-0.05, 0) is 5.92 Å². The maximum absolute atomic E-state index is 12.2. The van der Waals surface area contributed by atoms with E-state index in [1.807, 2.05) is 37.3 Å². The van der Waals surface area contributed by atoms with Crippen LogP contribution in [0.1, 0.15) is 29.9 Å². The normalized spacial score (nSPS) is 13.4. The van der Waals surface area contributed by atoms with Gasteiger partial charge < -0.3 is 10.4 Å². The summed E-state index contributed by atoms with van der Waals surface area (Å²) in [5.41, 5.74) is 0.934. The van der Waals surface area contributed by atoms with Crippen LogP contribution in [0.5, 0.6) is 0 Å². The van der Waals surface area contributed by atoms with E-state index in [-0.39, 0.29) is 5.92 Å². The van der Waals surface area contributed by atoms with Crippen molar-refractivity contribution in [2.45, 2.75) is 26.3 Å². The molecule has 2 atom stereocenters. The number of carboxylic acids is 1. The molecule has 2 aromatic rings. The third kappa shape index (κ3) is 3.71. The van der Waals surface area contributed by atoms with Gasteiger partial charge in [0.15, 0.2) is 0 Å². The number of carboxylic acid groups (broad SMARTS) is 1. The number of rotatable bonds is 6. The number of nitrogens with zero attached hydrogens (tertiary/aromatic N) is 1. The monoisotopic (exact) mass is 318 g/mol. The van der Waals surface area contributed by atoms with E-state index in [0.717, 1.165) is 10.6 Å². The summed E-state index contributed by atoms with van der Waals surface area (Å²) in [5, 5.41) is 12.5. The molecule has 0 aliphatic rings. The minimum Gasteiger partial charge on any atom is -0.480 e. The number of hydrogen-bond acceptors (Lipinski definition) is 4. The molecule has 0 spiro atoms. The first-order valence-corrected chi connectivity index (χ1v) is 7.89. The second-order valence-electron chi connectivity index (χ2n) is 5.07. The molecule has 2 N–H and O–H groups in total. The van der Waals surface area contributed by atoms with Gasteiger partial charge in [0.1, 0.15) is 15.9 Å². The highest BCUT2D eigenvalue weighted by atomic mass is 32.1. The standard InChI is InChI=1S/C16H18N2O3S/c1-3-10(2)13(16(20)21)18-14(19)12-9-17-15(22-12)11-7-5-4-6-8-11/h4-10,13H,3H2,1-2H3,(H,18,19)(H,20,21). The molecule has 1 heterocycles. The predicted molar refractivity (Wildman–Crippen MR) is 85.9 cm³/mol. The lowest BCUT2D eigenvalue weighted by Crippen LogP contribution is -2.44. The highest BCUT2D eigenvalue weighted by Crippen LogP contribution is 2.25. The summed E-state index contributed by atoms with van der Waals surface area (Å²) < 4.78 is 0. The number of aliphatic carboxylic acids is 1. The average molecular weight is 318 g/mol. The van der Waals surface area contributed by atoms with E-state index in [9.17, 15) is 14.7 Å². The van der Waals surface area contributed by atoms with Crippen molar-refractivity contribution in [1.82, 2.24) is 10.3 Å². The number of benzene rings is 1. The molecule has 6 heteroatoms. The van der Waals surface area contributed by atoms with Crippen molar-refractivity contribution in [3.63, 3.8) is 0 Å². The molecular formula is C16H18N2O3S. The van der Waals surface area contributed by atoms with Crippen LogP contribution < -0.4 is 5.32 Å². The van der Waals surface area contributed by atoms with E-state index in [0.29, 0.717) is 11.3 Å². The first kappa shape index (κ1) is 16.2. The van der Waals surface area contributed by atoms with E-state index < -0.39 is 17.9 Å². The van der Waals surface area contributed by atoms with E-state index in [4.69, 9.17) is 0 Å². The molecule has 0 saturated carbocycles. The molecule has 116 valence electrons. The number of carbonyl (C=O) groups is 2. The van der Waals surface area contributed by atoms with Crippen LogP contribution in [0.4, 0.5) is 0 Å². The molecule has 1 amide bonds. The van der Waals surface area contributed by atoms with Crippen molar-refractivity contribution in [2.24, 2.45) is 5.92 Å². The Morgan fingerprint density at radius 3 is 2.59 bits per heavy atom. The Labute approximate surface area is 133 Å². The van der Waals surface area contributed by atoms with Gasteiger partial charge in [0.05, 0.1) is 6.20 Å². The molecule has 2 rings (SSSR count). The third-order valence-corrected chi connectivity index (χ3v) is 4.56. The van der Waals surface area contributed by atoms with E-state index in [1.54, 1.807) is 6.92 Å². The summed E-state index contributed by atoms with van der Waals surface area (Å²) in [4.78, 5) is 28.1. The summed E-state index contributed by atoms with van der Waals surface area (Å²) in [6.45, 7) is 3.70. The molecule has 0 aliphatic carbocycles. The van der Waals surface area contributed by atoms with Crippen LogP contribution in [-0.2, 0) is 4.79 Å². The SMILES string of the molecule is CCC(C)C(NC(=O)c1cnc(-c2ccccc2)s1)C(=O)O. The van der Waals surface area contributed by atoms with Crippen LogP contribution in [0.15, 0.2) is 36.5 Å². The van der Waals surface area contributed by atoms with Gasteiger partial charge in [-0.2, -0.15) is 0 Å².